The van der Waals surface area contributed by atoms with Gasteiger partial charge in [-0.25, -0.2) is 0 Å². The maximum absolute atomic E-state index is 6.59. The van der Waals surface area contributed by atoms with Crippen LogP contribution >= 0.6 is 0 Å². The second kappa shape index (κ2) is 8.79. The van der Waals surface area contributed by atoms with E-state index in [2.05, 4.69) is 77.9 Å². The number of aryl methyl sites for hydroxylation is 4. The van der Waals surface area contributed by atoms with Gasteiger partial charge in [0.05, 0.1) is 0 Å². The van der Waals surface area contributed by atoms with Crippen LogP contribution in [0.3, 0.4) is 0 Å². The van der Waals surface area contributed by atoms with Gasteiger partial charge in [0.25, 0.3) is 0 Å². The van der Waals surface area contributed by atoms with Crippen molar-refractivity contribution in [2.24, 2.45) is 0 Å². The molecule has 0 aliphatic rings. The summed E-state index contributed by atoms with van der Waals surface area (Å²) >= 11 is 0. The molecule has 2 rings (SSSR count). The lowest BCUT2D eigenvalue weighted by molar-refractivity contribution is 0.191. The molecule has 0 unspecified atom stereocenters. The van der Waals surface area contributed by atoms with Gasteiger partial charge in [-0.2, -0.15) is 0 Å². The largest absolute Gasteiger partial charge is 0.407 e. The third kappa shape index (κ3) is 4.81. The first-order chi connectivity index (χ1) is 11.9. The SMILES string of the molecule is CCCO[Si](OCCC)(c1cc(C)cc(C)c1)c1cc(C)cc(C)c1. The van der Waals surface area contributed by atoms with Gasteiger partial charge in [-0.15, -0.1) is 0 Å². The predicted octanol–water partition coefficient (Wildman–Crippen LogP) is 4.33. The minimum Gasteiger partial charge on any atom is -0.388 e. The Kier molecular flexibility index (Phi) is 7.00. The molecule has 0 saturated heterocycles. The van der Waals surface area contributed by atoms with E-state index >= 15 is 0 Å². The van der Waals surface area contributed by atoms with E-state index in [0.29, 0.717) is 0 Å². The van der Waals surface area contributed by atoms with Crippen molar-refractivity contribution in [1.29, 1.82) is 0 Å². The molecule has 0 fully saturated rings. The van der Waals surface area contributed by atoms with Gasteiger partial charge in [-0.05, 0) is 50.9 Å². The molecule has 0 N–H and O–H groups in total. The first kappa shape index (κ1) is 19.9. The molecule has 2 aromatic carbocycles. The fourth-order valence-electron chi connectivity index (χ4n) is 3.36. The van der Waals surface area contributed by atoms with E-state index in [1.165, 1.54) is 32.6 Å². The first-order valence-corrected chi connectivity index (χ1v) is 11.2. The summed E-state index contributed by atoms with van der Waals surface area (Å²) in [5.74, 6) is 0. The van der Waals surface area contributed by atoms with Crippen LogP contribution in [0.1, 0.15) is 48.9 Å². The van der Waals surface area contributed by atoms with E-state index in [1.807, 2.05) is 0 Å². The molecule has 0 saturated carbocycles. The van der Waals surface area contributed by atoms with E-state index < -0.39 is 8.56 Å². The zero-order valence-corrected chi connectivity index (χ0v) is 17.6. The molecule has 0 amide bonds. The van der Waals surface area contributed by atoms with E-state index in [0.717, 1.165) is 26.1 Å². The highest BCUT2D eigenvalue weighted by atomic mass is 28.4. The Morgan fingerprint density at radius 2 is 0.920 bits per heavy atom. The van der Waals surface area contributed by atoms with Crippen molar-refractivity contribution >= 4 is 18.9 Å². The van der Waals surface area contributed by atoms with Crippen molar-refractivity contribution in [1.82, 2.24) is 0 Å². The van der Waals surface area contributed by atoms with Gasteiger partial charge in [0.2, 0.25) is 0 Å². The summed E-state index contributed by atoms with van der Waals surface area (Å²) < 4.78 is 13.2. The maximum Gasteiger partial charge on any atom is 0.407 e. The fourth-order valence-corrected chi connectivity index (χ4v) is 7.10. The van der Waals surface area contributed by atoms with Crippen LogP contribution in [0, 0.1) is 27.7 Å². The zero-order chi connectivity index (χ0) is 18.4. The van der Waals surface area contributed by atoms with Gasteiger partial charge < -0.3 is 8.85 Å². The summed E-state index contributed by atoms with van der Waals surface area (Å²) in [6, 6.07) is 13.4. The molecule has 25 heavy (non-hydrogen) atoms. The summed E-state index contributed by atoms with van der Waals surface area (Å²) in [7, 11) is -2.72. The maximum atomic E-state index is 6.59. The summed E-state index contributed by atoms with van der Waals surface area (Å²) in [4.78, 5) is 0. The van der Waals surface area contributed by atoms with Gasteiger partial charge >= 0.3 is 8.56 Å². The fraction of sp³-hybridized carbons (Fsp3) is 0.455. The number of hydrogen-bond acceptors (Lipinski definition) is 2. The lowest BCUT2D eigenvalue weighted by atomic mass is 10.2. The molecule has 0 aromatic heterocycles. The Morgan fingerprint density at radius 3 is 1.20 bits per heavy atom. The van der Waals surface area contributed by atoms with E-state index in [-0.39, 0.29) is 0 Å². The van der Waals surface area contributed by atoms with Gasteiger partial charge in [-0.1, -0.05) is 72.5 Å². The van der Waals surface area contributed by atoms with Crippen LogP contribution in [0.15, 0.2) is 36.4 Å². The molecule has 0 spiro atoms. The Bertz CT molecular complexity index is 607. The molecule has 3 heteroatoms. The summed E-state index contributed by atoms with van der Waals surface area (Å²) in [5, 5.41) is 2.44. The van der Waals surface area contributed by atoms with E-state index in [1.54, 1.807) is 0 Å². The quantitative estimate of drug-likeness (QED) is 0.656. The van der Waals surface area contributed by atoms with Crippen molar-refractivity contribution in [3.63, 3.8) is 0 Å². The van der Waals surface area contributed by atoms with Crippen LogP contribution in [0.25, 0.3) is 0 Å². The molecular formula is C22H32O2Si. The van der Waals surface area contributed by atoms with Crippen LogP contribution in [0.5, 0.6) is 0 Å². The van der Waals surface area contributed by atoms with Gasteiger partial charge in [0, 0.05) is 13.2 Å². The summed E-state index contributed by atoms with van der Waals surface area (Å²) in [6.07, 6.45) is 1.97. The summed E-state index contributed by atoms with van der Waals surface area (Å²) in [6.45, 7) is 14.3. The van der Waals surface area contributed by atoms with Gasteiger partial charge in [0.15, 0.2) is 0 Å². The topological polar surface area (TPSA) is 18.5 Å². The van der Waals surface area contributed by atoms with Crippen LogP contribution in [-0.4, -0.2) is 21.8 Å². The van der Waals surface area contributed by atoms with Crippen molar-refractivity contribution in [3.05, 3.63) is 58.7 Å². The average Bonchev–Trinajstić information content (AvgIpc) is 2.53. The molecule has 0 aliphatic heterocycles. The smallest absolute Gasteiger partial charge is 0.388 e. The molecule has 0 radical (unpaired) electrons. The second-order valence-electron chi connectivity index (χ2n) is 7.07. The van der Waals surface area contributed by atoms with Crippen molar-refractivity contribution in [2.75, 3.05) is 13.2 Å². The molecule has 0 bridgehead atoms. The summed E-state index contributed by atoms with van der Waals surface area (Å²) in [5.41, 5.74) is 5.04. The van der Waals surface area contributed by atoms with Crippen molar-refractivity contribution < 1.29 is 8.85 Å². The highest BCUT2D eigenvalue weighted by molar-refractivity contribution is 6.92. The van der Waals surface area contributed by atoms with Crippen molar-refractivity contribution in [2.45, 2.75) is 54.4 Å². The van der Waals surface area contributed by atoms with Gasteiger partial charge in [-0.3, -0.25) is 0 Å². The number of hydrogen-bond donors (Lipinski definition) is 0. The highest BCUT2D eigenvalue weighted by Gasteiger charge is 2.43. The molecule has 2 aromatic rings. The lowest BCUT2D eigenvalue weighted by Gasteiger charge is -2.32. The molecule has 0 atom stereocenters. The minimum absolute atomic E-state index is 0.718. The Balaban J connectivity index is 2.69. The Hall–Kier alpha value is -1.42. The monoisotopic (exact) mass is 356 g/mol. The van der Waals surface area contributed by atoms with E-state index in [9.17, 15) is 0 Å². The highest BCUT2D eigenvalue weighted by Crippen LogP contribution is 2.16. The molecule has 136 valence electrons. The molecular weight excluding hydrogens is 324 g/mol. The Morgan fingerprint density at radius 1 is 0.600 bits per heavy atom. The van der Waals surface area contributed by atoms with Crippen LogP contribution in [0.2, 0.25) is 0 Å². The zero-order valence-electron chi connectivity index (χ0n) is 16.6. The van der Waals surface area contributed by atoms with Crippen molar-refractivity contribution in [3.8, 4) is 0 Å². The van der Waals surface area contributed by atoms with E-state index in [4.69, 9.17) is 8.85 Å². The lowest BCUT2D eigenvalue weighted by Crippen LogP contribution is -2.64. The molecule has 0 aliphatic carbocycles. The first-order valence-electron chi connectivity index (χ1n) is 9.36. The Labute approximate surface area is 154 Å². The van der Waals surface area contributed by atoms with Crippen LogP contribution < -0.4 is 10.4 Å². The van der Waals surface area contributed by atoms with Gasteiger partial charge in [0.1, 0.15) is 0 Å². The standard InChI is InChI=1S/C22H32O2Si/c1-7-9-23-25(24-10-8-2,21-13-17(3)11-18(4)14-21)22-15-19(5)12-20(6)16-22/h11-16H,7-10H2,1-6H3. The molecule has 0 heterocycles. The van der Waals surface area contributed by atoms with Crippen LogP contribution in [0.4, 0.5) is 0 Å². The number of benzene rings is 2. The van der Waals surface area contributed by atoms with Crippen LogP contribution in [-0.2, 0) is 8.85 Å². The third-order valence-electron chi connectivity index (χ3n) is 4.22. The minimum atomic E-state index is -2.72. The number of rotatable bonds is 8. The average molecular weight is 357 g/mol. The predicted molar refractivity (Wildman–Crippen MR) is 109 cm³/mol. The molecule has 2 nitrogen and oxygen atoms in total. The third-order valence-corrected chi connectivity index (χ3v) is 7.54. The normalized spacial score (nSPS) is 11.8. The second-order valence-corrected chi connectivity index (χ2v) is 10.0.